The summed E-state index contributed by atoms with van der Waals surface area (Å²) in [6.07, 6.45) is 5.69. The maximum atomic E-state index is 12.1. The molecule has 1 amide bonds. The molecule has 110 valence electrons. The summed E-state index contributed by atoms with van der Waals surface area (Å²) in [6, 6.07) is 5.86. The van der Waals surface area contributed by atoms with Crippen molar-refractivity contribution in [3.63, 3.8) is 0 Å². The molecule has 0 aromatic heterocycles. The van der Waals surface area contributed by atoms with Crippen molar-refractivity contribution in [2.45, 2.75) is 37.5 Å². The lowest BCUT2D eigenvalue weighted by molar-refractivity contribution is 0.0956. The predicted molar refractivity (Wildman–Crippen MR) is 87.4 cm³/mol. The molecule has 5 heteroatoms. The first-order valence-electron chi connectivity index (χ1n) is 7.11. The van der Waals surface area contributed by atoms with E-state index in [1.165, 1.54) is 6.42 Å². The molecule has 20 heavy (non-hydrogen) atoms. The number of nitrogen functional groups attached to an aromatic ring is 1. The van der Waals surface area contributed by atoms with Gasteiger partial charge in [-0.15, -0.1) is 0 Å². The Morgan fingerprint density at radius 2 is 2.25 bits per heavy atom. The van der Waals surface area contributed by atoms with Gasteiger partial charge in [0.15, 0.2) is 0 Å². The molecule has 0 heterocycles. The SMILES string of the molecule is CCNC(=O)c1ccc(N)cc1NC1CCC(SC)C1. The zero-order chi connectivity index (χ0) is 14.5. The highest BCUT2D eigenvalue weighted by molar-refractivity contribution is 7.99. The lowest BCUT2D eigenvalue weighted by Gasteiger charge is -2.18. The fourth-order valence-electron chi connectivity index (χ4n) is 2.64. The van der Waals surface area contributed by atoms with Gasteiger partial charge in [-0.05, 0) is 50.6 Å². The Bertz CT molecular complexity index is 478. The monoisotopic (exact) mass is 293 g/mol. The van der Waals surface area contributed by atoms with Crippen LogP contribution in [0.1, 0.15) is 36.5 Å². The highest BCUT2D eigenvalue weighted by atomic mass is 32.2. The fraction of sp³-hybridized carbons (Fsp3) is 0.533. The first-order chi connectivity index (χ1) is 9.63. The summed E-state index contributed by atoms with van der Waals surface area (Å²) in [7, 11) is 0. The third kappa shape index (κ3) is 3.60. The van der Waals surface area contributed by atoms with Crippen molar-refractivity contribution in [2.24, 2.45) is 0 Å². The summed E-state index contributed by atoms with van der Waals surface area (Å²) < 4.78 is 0. The van der Waals surface area contributed by atoms with Gasteiger partial charge < -0.3 is 16.4 Å². The Hall–Kier alpha value is -1.36. The molecule has 0 aliphatic heterocycles. The van der Waals surface area contributed by atoms with Gasteiger partial charge in [-0.1, -0.05) is 0 Å². The van der Waals surface area contributed by atoms with Gasteiger partial charge in [-0.2, -0.15) is 11.8 Å². The third-order valence-corrected chi connectivity index (χ3v) is 4.80. The average molecular weight is 293 g/mol. The number of nitrogens with one attached hydrogen (secondary N) is 2. The third-order valence-electron chi connectivity index (χ3n) is 3.70. The first kappa shape index (κ1) is 15.0. The Labute approximate surface area is 124 Å². The zero-order valence-corrected chi connectivity index (χ0v) is 12.9. The number of carbonyl (C=O) groups is 1. The minimum absolute atomic E-state index is 0.0468. The van der Waals surface area contributed by atoms with E-state index in [0.29, 0.717) is 23.8 Å². The molecule has 2 unspecified atom stereocenters. The molecule has 0 radical (unpaired) electrons. The molecular formula is C15H23N3OS. The zero-order valence-electron chi connectivity index (χ0n) is 12.1. The largest absolute Gasteiger partial charge is 0.399 e. The van der Waals surface area contributed by atoms with E-state index in [-0.39, 0.29) is 5.91 Å². The molecule has 2 atom stereocenters. The lowest BCUT2D eigenvalue weighted by Crippen LogP contribution is -2.25. The molecule has 1 aliphatic rings. The van der Waals surface area contributed by atoms with Crippen LogP contribution < -0.4 is 16.4 Å². The Morgan fingerprint density at radius 3 is 2.90 bits per heavy atom. The number of hydrogen-bond donors (Lipinski definition) is 3. The average Bonchev–Trinajstić information content (AvgIpc) is 2.87. The molecular weight excluding hydrogens is 270 g/mol. The van der Waals surface area contributed by atoms with E-state index in [4.69, 9.17) is 5.73 Å². The normalized spacial score (nSPS) is 21.7. The summed E-state index contributed by atoms with van der Waals surface area (Å²) in [4.78, 5) is 12.1. The summed E-state index contributed by atoms with van der Waals surface area (Å²) in [5, 5.41) is 7.07. The molecule has 4 N–H and O–H groups in total. The van der Waals surface area contributed by atoms with Gasteiger partial charge in [0, 0.05) is 29.2 Å². The Balaban J connectivity index is 2.13. The van der Waals surface area contributed by atoms with E-state index in [9.17, 15) is 4.79 Å². The van der Waals surface area contributed by atoms with Crippen molar-refractivity contribution in [3.05, 3.63) is 23.8 Å². The van der Waals surface area contributed by atoms with Gasteiger partial charge in [0.05, 0.1) is 5.56 Å². The van der Waals surface area contributed by atoms with E-state index in [0.717, 1.165) is 23.8 Å². The van der Waals surface area contributed by atoms with E-state index in [1.807, 2.05) is 24.8 Å². The van der Waals surface area contributed by atoms with Gasteiger partial charge >= 0.3 is 0 Å². The standard InChI is InChI=1S/C15H23N3OS/c1-3-17-15(19)13-7-4-10(16)8-14(13)18-11-5-6-12(9-11)20-2/h4,7-8,11-12,18H,3,5-6,9,16H2,1-2H3,(H,17,19). The molecule has 0 bridgehead atoms. The Kier molecular flexibility index (Phi) is 5.17. The number of amides is 1. The minimum Gasteiger partial charge on any atom is -0.399 e. The van der Waals surface area contributed by atoms with Crippen LogP contribution in [0, 0.1) is 0 Å². The minimum atomic E-state index is -0.0468. The molecule has 1 aliphatic carbocycles. The topological polar surface area (TPSA) is 67.2 Å². The Morgan fingerprint density at radius 1 is 1.45 bits per heavy atom. The number of rotatable bonds is 5. The molecule has 1 aromatic rings. The van der Waals surface area contributed by atoms with Crippen LogP contribution in [0.5, 0.6) is 0 Å². The van der Waals surface area contributed by atoms with Crippen molar-refractivity contribution in [2.75, 3.05) is 23.9 Å². The van der Waals surface area contributed by atoms with Crippen LogP contribution in [0.4, 0.5) is 11.4 Å². The summed E-state index contributed by atoms with van der Waals surface area (Å²) in [5.41, 5.74) is 8.06. The molecule has 2 rings (SSSR count). The quantitative estimate of drug-likeness (QED) is 0.730. The second-order valence-electron chi connectivity index (χ2n) is 5.18. The number of thioether (sulfide) groups is 1. The predicted octanol–water partition coefficient (Wildman–Crippen LogP) is 2.71. The molecule has 1 aromatic carbocycles. The molecule has 4 nitrogen and oxygen atoms in total. The number of anilines is 2. The van der Waals surface area contributed by atoms with Crippen LogP contribution in [0.2, 0.25) is 0 Å². The summed E-state index contributed by atoms with van der Waals surface area (Å²) in [5.74, 6) is -0.0468. The van der Waals surface area contributed by atoms with Crippen molar-refractivity contribution >= 4 is 29.0 Å². The first-order valence-corrected chi connectivity index (χ1v) is 8.40. The van der Waals surface area contributed by atoms with Crippen molar-refractivity contribution in [3.8, 4) is 0 Å². The van der Waals surface area contributed by atoms with Crippen molar-refractivity contribution < 1.29 is 4.79 Å². The van der Waals surface area contributed by atoms with E-state index in [2.05, 4.69) is 16.9 Å². The number of hydrogen-bond acceptors (Lipinski definition) is 4. The lowest BCUT2D eigenvalue weighted by atomic mass is 10.1. The van der Waals surface area contributed by atoms with Gasteiger partial charge in [0.1, 0.15) is 0 Å². The van der Waals surface area contributed by atoms with Gasteiger partial charge in [0.25, 0.3) is 5.91 Å². The molecule has 0 saturated heterocycles. The highest BCUT2D eigenvalue weighted by Crippen LogP contribution is 2.31. The van der Waals surface area contributed by atoms with Gasteiger partial charge in [-0.25, -0.2) is 0 Å². The molecule has 0 spiro atoms. The van der Waals surface area contributed by atoms with E-state index >= 15 is 0 Å². The summed E-state index contributed by atoms with van der Waals surface area (Å²) >= 11 is 1.92. The van der Waals surface area contributed by atoms with Crippen LogP contribution in [0.3, 0.4) is 0 Å². The van der Waals surface area contributed by atoms with Crippen molar-refractivity contribution in [1.29, 1.82) is 0 Å². The van der Waals surface area contributed by atoms with Gasteiger partial charge in [0.2, 0.25) is 0 Å². The van der Waals surface area contributed by atoms with Crippen molar-refractivity contribution in [1.82, 2.24) is 5.32 Å². The van der Waals surface area contributed by atoms with E-state index in [1.54, 1.807) is 12.1 Å². The van der Waals surface area contributed by atoms with Gasteiger partial charge in [-0.3, -0.25) is 4.79 Å². The molecule has 1 saturated carbocycles. The molecule has 1 fully saturated rings. The second kappa shape index (κ2) is 6.88. The van der Waals surface area contributed by atoms with Crippen LogP contribution in [-0.4, -0.2) is 30.0 Å². The second-order valence-corrected chi connectivity index (χ2v) is 6.31. The maximum Gasteiger partial charge on any atom is 0.253 e. The van der Waals surface area contributed by atoms with Crippen LogP contribution >= 0.6 is 11.8 Å². The summed E-state index contributed by atoms with van der Waals surface area (Å²) in [6.45, 7) is 2.54. The van der Waals surface area contributed by atoms with Crippen LogP contribution in [-0.2, 0) is 0 Å². The van der Waals surface area contributed by atoms with Crippen LogP contribution in [0.25, 0.3) is 0 Å². The fourth-order valence-corrected chi connectivity index (χ4v) is 3.44. The maximum absolute atomic E-state index is 12.1. The van der Waals surface area contributed by atoms with E-state index < -0.39 is 0 Å². The van der Waals surface area contributed by atoms with Crippen LogP contribution in [0.15, 0.2) is 18.2 Å². The number of benzene rings is 1. The number of nitrogens with two attached hydrogens (primary N) is 1. The number of carbonyl (C=O) groups excluding carboxylic acids is 1. The smallest absolute Gasteiger partial charge is 0.253 e. The highest BCUT2D eigenvalue weighted by Gasteiger charge is 2.24.